The third-order valence-electron chi connectivity index (χ3n) is 1.51. The molecule has 0 radical (unpaired) electrons. The van der Waals surface area contributed by atoms with Crippen LogP contribution in [0.5, 0.6) is 5.75 Å². The van der Waals surface area contributed by atoms with Crippen molar-refractivity contribution in [2.75, 3.05) is 7.11 Å². The molecule has 0 bridgehead atoms. The minimum atomic E-state index is -0.554. The molecule has 0 saturated carbocycles. The van der Waals surface area contributed by atoms with Crippen LogP contribution in [-0.2, 0) is 6.61 Å². The van der Waals surface area contributed by atoms with Crippen molar-refractivity contribution < 1.29 is 14.2 Å². The average molecular weight is 191 g/mol. The van der Waals surface area contributed by atoms with Crippen molar-refractivity contribution in [2.45, 2.75) is 6.61 Å². The van der Waals surface area contributed by atoms with Gasteiger partial charge in [0.05, 0.1) is 18.7 Å². The molecule has 0 amide bonds. The van der Waals surface area contributed by atoms with Gasteiger partial charge in [-0.05, 0) is 6.07 Å². The van der Waals surface area contributed by atoms with Crippen LogP contribution in [0.3, 0.4) is 0 Å². The van der Waals surface area contributed by atoms with Crippen LogP contribution in [0.15, 0.2) is 12.1 Å². The summed E-state index contributed by atoms with van der Waals surface area (Å²) in [4.78, 5) is 0. The summed E-state index contributed by atoms with van der Waals surface area (Å²) in [6.07, 6.45) is 0. The second-order valence-corrected chi connectivity index (χ2v) is 2.63. The highest BCUT2D eigenvalue weighted by Crippen LogP contribution is 2.25. The van der Waals surface area contributed by atoms with Gasteiger partial charge in [-0.1, -0.05) is 11.6 Å². The second kappa shape index (κ2) is 3.74. The van der Waals surface area contributed by atoms with Crippen LogP contribution < -0.4 is 4.74 Å². The summed E-state index contributed by atoms with van der Waals surface area (Å²) in [5.41, 5.74) is 0.0949. The first-order valence-electron chi connectivity index (χ1n) is 3.31. The molecule has 66 valence electrons. The fraction of sp³-hybridized carbons (Fsp3) is 0.250. The highest BCUT2D eigenvalue weighted by molar-refractivity contribution is 6.31. The Balaban J connectivity index is 3.18. The van der Waals surface area contributed by atoms with Gasteiger partial charge in [-0.3, -0.25) is 0 Å². The van der Waals surface area contributed by atoms with Gasteiger partial charge in [-0.25, -0.2) is 4.39 Å². The third-order valence-corrected chi connectivity index (χ3v) is 1.85. The molecule has 0 saturated heterocycles. The zero-order valence-electron chi connectivity index (χ0n) is 6.47. The van der Waals surface area contributed by atoms with Gasteiger partial charge in [0.25, 0.3) is 0 Å². The lowest BCUT2D eigenvalue weighted by Gasteiger charge is -2.05. The highest BCUT2D eigenvalue weighted by atomic mass is 35.5. The molecule has 2 nitrogen and oxygen atoms in total. The number of methoxy groups -OCH3 is 1. The maximum atomic E-state index is 13.0. The van der Waals surface area contributed by atoms with Gasteiger partial charge in [0.1, 0.15) is 11.6 Å². The Hall–Kier alpha value is -0.800. The van der Waals surface area contributed by atoms with Crippen molar-refractivity contribution in [2.24, 2.45) is 0 Å². The predicted octanol–water partition coefficient (Wildman–Crippen LogP) is 1.98. The molecule has 4 heteroatoms. The largest absolute Gasteiger partial charge is 0.497 e. The molecular formula is C8H8ClFO2. The number of hydrogen-bond acceptors (Lipinski definition) is 2. The van der Waals surface area contributed by atoms with Gasteiger partial charge in [0, 0.05) is 11.6 Å². The lowest BCUT2D eigenvalue weighted by atomic mass is 10.2. The fourth-order valence-corrected chi connectivity index (χ4v) is 1.11. The molecule has 0 aliphatic heterocycles. The molecule has 0 unspecified atom stereocenters. The smallest absolute Gasteiger partial charge is 0.133 e. The van der Waals surface area contributed by atoms with Crippen molar-refractivity contribution >= 4 is 11.6 Å². The van der Waals surface area contributed by atoms with E-state index in [0.717, 1.165) is 0 Å². The molecule has 0 atom stereocenters. The predicted molar refractivity (Wildman–Crippen MR) is 43.9 cm³/mol. The number of ether oxygens (including phenoxy) is 1. The number of rotatable bonds is 2. The first-order valence-corrected chi connectivity index (χ1v) is 3.69. The van der Waals surface area contributed by atoms with Gasteiger partial charge >= 0.3 is 0 Å². The Bertz CT molecular complexity index is 265. The minimum absolute atomic E-state index is 0.0949. The number of hydrogen-bond donors (Lipinski definition) is 1. The Morgan fingerprint density at radius 1 is 1.58 bits per heavy atom. The molecular weight excluding hydrogens is 183 g/mol. The summed E-state index contributed by atoms with van der Waals surface area (Å²) in [6, 6.07) is 2.63. The Morgan fingerprint density at radius 3 is 2.67 bits per heavy atom. The fourth-order valence-electron chi connectivity index (χ4n) is 0.849. The number of halogens is 2. The lowest BCUT2D eigenvalue weighted by molar-refractivity contribution is 0.275. The van der Waals surface area contributed by atoms with Crippen LogP contribution >= 0.6 is 11.6 Å². The van der Waals surface area contributed by atoms with E-state index in [1.165, 1.54) is 19.2 Å². The van der Waals surface area contributed by atoms with E-state index in [1.54, 1.807) is 0 Å². The molecule has 1 N–H and O–H groups in total. The van der Waals surface area contributed by atoms with E-state index in [2.05, 4.69) is 0 Å². The summed E-state index contributed by atoms with van der Waals surface area (Å²) < 4.78 is 17.7. The van der Waals surface area contributed by atoms with Crippen LogP contribution in [0.1, 0.15) is 5.56 Å². The summed E-state index contributed by atoms with van der Waals surface area (Å²) in [5, 5.41) is 8.87. The Labute approximate surface area is 74.5 Å². The number of aliphatic hydroxyl groups excluding tert-OH is 1. The van der Waals surface area contributed by atoms with Gasteiger partial charge < -0.3 is 9.84 Å². The molecule has 1 aromatic carbocycles. The van der Waals surface area contributed by atoms with Crippen molar-refractivity contribution in [1.29, 1.82) is 0 Å². The first-order chi connectivity index (χ1) is 5.69. The molecule has 1 aromatic rings. The van der Waals surface area contributed by atoms with E-state index in [9.17, 15) is 4.39 Å². The van der Waals surface area contributed by atoms with Crippen molar-refractivity contribution in [3.05, 3.63) is 28.5 Å². The standard InChI is InChI=1S/C8H8ClFO2/c1-12-5-2-7(9)6(4-11)8(10)3-5/h2-3,11H,4H2,1H3. The summed E-state index contributed by atoms with van der Waals surface area (Å²) in [5.74, 6) is -0.212. The molecule has 0 aromatic heterocycles. The van der Waals surface area contributed by atoms with Gasteiger partial charge in [-0.2, -0.15) is 0 Å². The number of benzene rings is 1. The van der Waals surface area contributed by atoms with E-state index in [4.69, 9.17) is 21.4 Å². The van der Waals surface area contributed by atoms with Crippen LogP contribution in [0.25, 0.3) is 0 Å². The molecule has 12 heavy (non-hydrogen) atoms. The maximum absolute atomic E-state index is 13.0. The first kappa shape index (κ1) is 9.29. The molecule has 0 aliphatic carbocycles. The number of aliphatic hydroxyl groups is 1. The van der Waals surface area contributed by atoms with Crippen LogP contribution in [0, 0.1) is 5.82 Å². The summed E-state index contributed by atoms with van der Waals surface area (Å²) in [7, 11) is 1.42. The molecule has 0 aliphatic rings. The lowest BCUT2D eigenvalue weighted by Crippen LogP contribution is -1.93. The molecule has 0 heterocycles. The highest BCUT2D eigenvalue weighted by Gasteiger charge is 2.08. The zero-order chi connectivity index (χ0) is 9.14. The second-order valence-electron chi connectivity index (χ2n) is 2.23. The minimum Gasteiger partial charge on any atom is -0.497 e. The van der Waals surface area contributed by atoms with Crippen LogP contribution in [-0.4, -0.2) is 12.2 Å². The average Bonchev–Trinajstić information content (AvgIpc) is 2.03. The van der Waals surface area contributed by atoms with Crippen LogP contribution in [0.2, 0.25) is 5.02 Å². The molecule has 1 rings (SSSR count). The van der Waals surface area contributed by atoms with E-state index in [-0.39, 0.29) is 10.6 Å². The van der Waals surface area contributed by atoms with Crippen LogP contribution in [0.4, 0.5) is 4.39 Å². The summed E-state index contributed by atoms with van der Waals surface area (Å²) in [6.45, 7) is -0.408. The summed E-state index contributed by atoms with van der Waals surface area (Å²) >= 11 is 5.63. The van der Waals surface area contributed by atoms with Crippen molar-refractivity contribution in [1.82, 2.24) is 0 Å². The van der Waals surface area contributed by atoms with E-state index in [1.807, 2.05) is 0 Å². The maximum Gasteiger partial charge on any atom is 0.133 e. The SMILES string of the molecule is COc1cc(F)c(CO)c(Cl)c1. The topological polar surface area (TPSA) is 29.5 Å². The third kappa shape index (κ3) is 1.68. The van der Waals surface area contributed by atoms with Crippen molar-refractivity contribution in [3.8, 4) is 5.75 Å². The normalized spacial score (nSPS) is 10.0. The Kier molecular flexibility index (Phi) is 2.89. The van der Waals surface area contributed by atoms with E-state index in [0.29, 0.717) is 5.75 Å². The quantitative estimate of drug-likeness (QED) is 0.773. The van der Waals surface area contributed by atoms with E-state index >= 15 is 0 Å². The molecule has 0 fully saturated rings. The Morgan fingerprint density at radius 2 is 2.25 bits per heavy atom. The zero-order valence-corrected chi connectivity index (χ0v) is 7.23. The van der Waals surface area contributed by atoms with Crippen molar-refractivity contribution in [3.63, 3.8) is 0 Å². The van der Waals surface area contributed by atoms with Gasteiger partial charge in [0.2, 0.25) is 0 Å². The van der Waals surface area contributed by atoms with Gasteiger partial charge in [0.15, 0.2) is 0 Å². The molecule has 0 spiro atoms. The van der Waals surface area contributed by atoms with E-state index < -0.39 is 12.4 Å². The van der Waals surface area contributed by atoms with Gasteiger partial charge in [-0.15, -0.1) is 0 Å². The monoisotopic (exact) mass is 190 g/mol.